The molecule has 1 fully saturated rings. The van der Waals surface area contributed by atoms with Crippen molar-refractivity contribution in [2.45, 2.75) is 51.9 Å². The maximum absolute atomic E-state index is 6.03. The predicted molar refractivity (Wildman–Crippen MR) is 106 cm³/mol. The van der Waals surface area contributed by atoms with Gasteiger partial charge in [-0.3, -0.25) is 0 Å². The van der Waals surface area contributed by atoms with Gasteiger partial charge < -0.3 is 4.74 Å². The Morgan fingerprint density at radius 1 is 1.16 bits per heavy atom. The lowest BCUT2D eigenvalue weighted by Crippen LogP contribution is -2.15. The standard InChI is InChI=1S/C21H26BrN2O/c1-2-3-7-17-13-23-21(24-14-17)18-10-11-20(19(22)12-18)25-15-16-8-5-4-6-9-16/h4,10-14,16H,2-3,5-9,15H2,1H3. The van der Waals surface area contributed by atoms with E-state index in [4.69, 9.17) is 4.74 Å². The number of aryl methyl sites for hydroxylation is 1. The molecule has 3 rings (SSSR count). The molecule has 0 bridgehead atoms. The topological polar surface area (TPSA) is 35.0 Å². The Kier molecular flexibility index (Phi) is 6.85. The van der Waals surface area contributed by atoms with Crippen LogP contribution in [0.5, 0.6) is 5.75 Å². The minimum absolute atomic E-state index is 0.676. The van der Waals surface area contributed by atoms with Crippen molar-refractivity contribution >= 4 is 15.9 Å². The van der Waals surface area contributed by atoms with E-state index in [-0.39, 0.29) is 0 Å². The highest BCUT2D eigenvalue weighted by Crippen LogP contribution is 2.31. The predicted octanol–water partition coefficient (Wildman–Crippen LogP) is 6.02. The molecule has 1 saturated carbocycles. The van der Waals surface area contributed by atoms with Crippen LogP contribution >= 0.6 is 15.9 Å². The Balaban J connectivity index is 1.62. The van der Waals surface area contributed by atoms with Crippen LogP contribution in [0.2, 0.25) is 0 Å². The van der Waals surface area contributed by atoms with Crippen LogP contribution in [-0.4, -0.2) is 16.6 Å². The molecular weight excluding hydrogens is 376 g/mol. The zero-order valence-corrected chi connectivity index (χ0v) is 16.5. The third kappa shape index (κ3) is 5.27. The highest BCUT2D eigenvalue weighted by Gasteiger charge is 2.15. The van der Waals surface area contributed by atoms with E-state index in [9.17, 15) is 0 Å². The van der Waals surface area contributed by atoms with Crippen LogP contribution in [0, 0.1) is 12.3 Å². The van der Waals surface area contributed by atoms with Crippen molar-refractivity contribution in [2.24, 2.45) is 5.92 Å². The van der Waals surface area contributed by atoms with E-state index in [1.807, 2.05) is 30.6 Å². The molecule has 0 saturated heterocycles. The maximum atomic E-state index is 6.03. The van der Waals surface area contributed by atoms with Crippen LogP contribution in [0.1, 0.15) is 51.0 Å². The van der Waals surface area contributed by atoms with Crippen molar-refractivity contribution in [3.8, 4) is 17.1 Å². The van der Waals surface area contributed by atoms with Gasteiger partial charge in [0.05, 0.1) is 11.1 Å². The molecule has 133 valence electrons. The number of benzene rings is 1. The van der Waals surface area contributed by atoms with Crippen LogP contribution in [0.4, 0.5) is 0 Å². The summed E-state index contributed by atoms with van der Waals surface area (Å²) in [5.41, 5.74) is 2.21. The summed E-state index contributed by atoms with van der Waals surface area (Å²) >= 11 is 3.63. The van der Waals surface area contributed by atoms with E-state index in [2.05, 4.69) is 39.2 Å². The molecule has 3 nitrogen and oxygen atoms in total. The summed E-state index contributed by atoms with van der Waals surface area (Å²) in [5.74, 6) is 2.34. The third-order valence-corrected chi connectivity index (χ3v) is 5.37. The summed E-state index contributed by atoms with van der Waals surface area (Å²) in [6.07, 6.45) is 14.6. The Labute approximate surface area is 159 Å². The first-order valence-electron chi connectivity index (χ1n) is 9.31. The van der Waals surface area contributed by atoms with Gasteiger partial charge in [0.25, 0.3) is 0 Å². The van der Waals surface area contributed by atoms with Crippen molar-refractivity contribution < 1.29 is 4.74 Å². The minimum Gasteiger partial charge on any atom is -0.492 e. The fourth-order valence-corrected chi connectivity index (χ4v) is 3.63. The molecule has 25 heavy (non-hydrogen) atoms. The van der Waals surface area contributed by atoms with Gasteiger partial charge in [0.2, 0.25) is 0 Å². The Hall–Kier alpha value is -1.42. The van der Waals surface area contributed by atoms with Crippen molar-refractivity contribution in [3.63, 3.8) is 0 Å². The molecule has 1 radical (unpaired) electrons. The molecule has 0 N–H and O–H groups in total. The number of halogens is 1. The van der Waals surface area contributed by atoms with Gasteiger partial charge in [0.1, 0.15) is 5.75 Å². The first-order valence-corrected chi connectivity index (χ1v) is 10.1. The lowest BCUT2D eigenvalue weighted by atomic mass is 9.90. The molecule has 1 heterocycles. The minimum atomic E-state index is 0.676. The number of ether oxygens (including phenoxy) is 1. The van der Waals surface area contributed by atoms with Gasteiger partial charge in [0.15, 0.2) is 5.82 Å². The number of hydrogen-bond acceptors (Lipinski definition) is 3. The highest BCUT2D eigenvalue weighted by atomic mass is 79.9. The smallest absolute Gasteiger partial charge is 0.159 e. The zero-order chi connectivity index (χ0) is 17.5. The quantitative estimate of drug-likeness (QED) is 0.568. The van der Waals surface area contributed by atoms with Crippen LogP contribution in [0.3, 0.4) is 0 Å². The monoisotopic (exact) mass is 401 g/mol. The van der Waals surface area contributed by atoms with Crippen LogP contribution in [0.25, 0.3) is 11.4 Å². The average molecular weight is 402 g/mol. The maximum Gasteiger partial charge on any atom is 0.159 e. The molecule has 0 spiro atoms. The van der Waals surface area contributed by atoms with Gasteiger partial charge in [0, 0.05) is 18.0 Å². The average Bonchev–Trinajstić information content (AvgIpc) is 2.66. The normalized spacial score (nSPS) is 15.3. The van der Waals surface area contributed by atoms with E-state index in [1.54, 1.807) is 0 Å². The summed E-state index contributed by atoms with van der Waals surface area (Å²) in [5, 5.41) is 0. The van der Waals surface area contributed by atoms with Crippen molar-refractivity contribution in [1.82, 2.24) is 9.97 Å². The van der Waals surface area contributed by atoms with E-state index < -0.39 is 0 Å². The summed E-state index contributed by atoms with van der Waals surface area (Å²) in [7, 11) is 0. The molecule has 0 unspecified atom stereocenters. The fourth-order valence-electron chi connectivity index (χ4n) is 3.14. The molecule has 1 aromatic heterocycles. The first kappa shape index (κ1) is 18.4. The lowest BCUT2D eigenvalue weighted by Gasteiger charge is -2.21. The second-order valence-corrected chi connectivity index (χ2v) is 7.64. The van der Waals surface area contributed by atoms with Gasteiger partial charge in [-0.15, -0.1) is 0 Å². The molecule has 1 aromatic carbocycles. The van der Waals surface area contributed by atoms with E-state index in [1.165, 1.54) is 44.1 Å². The van der Waals surface area contributed by atoms with E-state index in [0.717, 1.165) is 34.6 Å². The SMILES string of the molecule is CCCCc1cnc(-c2ccc(OCC3CC[CH]CC3)c(Br)c2)nc1. The first-order chi connectivity index (χ1) is 12.3. The number of aromatic nitrogens is 2. The van der Waals surface area contributed by atoms with Gasteiger partial charge in [-0.25, -0.2) is 9.97 Å². The summed E-state index contributed by atoms with van der Waals surface area (Å²) in [6.45, 7) is 3.00. The molecule has 2 aromatic rings. The molecule has 0 atom stereocenters. The van der Waals surface area contributed by atoms with Crippen LogP contribution < -0.4 is 4.74 Å². The lowest BCUT2D eigenvalue weighted by molar-refractivity contribution is 0.220. The number of rotatable bonds is 7. The van der Waals surface area contributed by atoms with Crippen molar-refractivity contribution in [1.29, 1.82) is 0 Å². The Morgan fingerprint density at radius 3 is 2.60 bits per heavy atom. The molecular formula is C21H26BrN2O. The van der Waals surface area contributed by atoms with Gasteiger partial charge in [-0.2, -0.15) is 0 Å². The second-order valence-electron chi connectivity index (χ2n) is 6.78. The van der Waals surface area contributed by atoms with Crippen LogP contribution in [-0.2, 0) is 6.42 Å². The molecule has 4 heteroatoms. The number of hydrogen-bond donors (Lipinski definition) is 0. The summed E-state index contributed by atoms with van der Waals surface area (Å²) < 4.78 is 6.99. The zero-order valence-electron chi connectivity index (χ0n) is 14.9. The molecule has 1 aliphatic carbocycles. The Morgan fingerprint density at radius 2 is 1.92 bits per heavy atom. The van der Waals surface area contributed by atoms with Gasteiger partial charge >= 0.3 is 0 Å². The second kappa shape index (κ2) is 9.33. The van der Waals surface area contributed by atoms with E-state index >= 15 is 0 Å². The third-order valence-electron chi connectivity index (χ3n) is 4.75. The fraction of sp³-hybridized carbons (Fsp3) is 0.476. The highest BCUT2D eigenvalue weighted by molar-refractivity contribution is 9.10. The van der Waals surface area contributed by atoms with Crippen molar-refractivity contribution in [3.05, 3.63) is 47.0 Å². The largest absolute Gasteiger partial charge is 0.492 e. The van der Waals surface area contributed by atoms with Gasteiger partial charge in [-0.1, -0.05) is 13.3 Å². The molecule has 1 aliphatic rings. The number of unbranched alkanes of at least 4 members (excludes halogenated alkanes) is 1. The summed E-state index contributed by atoms with van der Waals surface area (Å²) in [6, 6.07) is 6.10. The van der Waals surface area contributed by atoms with E-state index in [0.29, 0.717) is 5.92 Å². The van der Waals surface area contributed by atoms with Gasteiger partial charge in [-0.05, 0) is 90.6 Å². The summed E-state index contributed by atoms with van der Waals surface area (Å²) in [4.78, 5) is 9.03. The molecule has 0 aliphatic heterocycles. The molecule has 0 amide bonds. The van der Waals surface area contributed by atoms with Crippen molar-refractivity contribution in [2.75, 3.05) is 6.61 Å². The van der Waals surface area contributed by atoms with Crippen LogP contribution in [0.15, 0.2) is 35.1 Å². The Bertz CT molecular complexity index is 666. The number of nitrogens with zero attached hydrogens (tertiary/aromatic N) is 2.